The standard InChI is InChI=1S/C10H11NO4S/c11-8-7(10(14)15)5-2-1-4(9(12)13)3-6(5)16-8/h4H,1-3,11H2,(H,12,13)(H,14,15). The molecule has 5 nitrogen and oxygen atoms in total. The molecule has 6 heteroatoms. The quantitative estimate of drug-likeness (QED) is 0.722. The topological polar surface area (TPSA) is 101 Å². The van der Waals surface area contributed by atoms with Crippen molar-refractivity contribution in [2.24, 2.45) is 5.92 Å². The first-order chi connectivity index (χ1) is 7.50. The van der Waals surface area contributed by atoms with Gasteiger partial charge in [0.25, 0.3) is 0 Å². The fourth-order valence-corrected chi connectivity index (χ4v) is 3.24. The van der Waals surface area contributed by atoms with Gasteiger partial charge in [-0.3, -0.25) is 4.79 Å². The maximum absolute atomic E-state index is 11.0. The lowest BCUT2D eigenvalue weighted by Gasteiger charge is -2.18. The van der Waals surface area contributed by atoms with Crippen LogP contribution in [0.25, 0.3) is 0 Å². The molecule has 0 saturated heterocycles. The number of nitrogen functional groups attached to an aromatic ring is 1. The number of aliphatic carboxylic acids is 1. The number of anilines is 1. The largest absolute Gasteiger partial charge is 0.481 e. The van der Waals surface area contributed by atoms with Crippen molar-refractivity contribution in [3.8, 4) is 0 Å². The van der Waals surface area contributed by atoms with Crippen molar-refractivity contribution in [3.05, 3.63) is 16.0 Å². The molecule has 1 atom stereocenters. The number of carboxylic acids is 2. The van der Waals surface area contributed by atoms with E-state index in [4.69, 9.17) is 15.9 Å². The second-order valence-electron chi connectivity index (χ2n) is 3.83. The Morgan fingerprint density at radius 2 is 2.06 bits per heavy atom. The van der Waals surface area contributed by atoms with Crippen LogP contribution in [0.15, 0.2) is 0 Å². The summed E-state index contributed by atoms with van der Waals surface area (Å²) >= 11 is 1.20. The molecule has 0 fully saturated rings. The highest BCUT2D eigenvalue weighted by atomic mass is 32.1. The SMILES string of the molecule is Nc1sc2c(c1C(=O)O)CCC(C(=O)O)C2. The lowest BCUT2D eigenvalue weighted by molar-refractivity contribution is -0.142. The van der Waals surface area contributed by atoms with E-state index in [9.17, 15) is 9.59 Å². The van der Waals surface area contributed by atoms with Crippen LogP contribution >= 0.6 is 11.3 Å². The van der Waals surface area contributed by atoms with Gasteiger partial charge in [0.05, 0.1) is 11.5 Å². The van der Waals surface area contributed by atoms with Gasteiger partial charge in [0.2, 0.25) is 0 Å². The summed E-state index contributed by atoms with van der Waals surface area (Å²) in [7, 11) is 0. The Balaban J connectivity index is 2.39. The van der Waals surface area contributed by atoms with Crippen molar-refractivity contribution in [2.75, 3.05) is 5.73 Å². The third-order valence-electron chi connectivity index (χ3n) is 2.86. The smallest absolute Gasteiger partial charge is 0.338 e. The Kier molecular flexibility index (Phi) is 2.59. The van der Waals surface area contributed by atoms with Crippen LogP contribution in [0, 0.1) is 5.92 Å². The van der Waals surface area contributed by atoms with E-state index in [0.717, 1.165) is 10.4 Å². The minimum absolute atomic E-state index is 0.170. The molecule has 0 saturated carbocycles. The lowest BCUT2D eigenvalue weighted by atomic mass is 9.87. The molecule has 0 amide bonds. The van der Waals surface area contributed by atoms with Crippen LogP contribution in [0.2, 0.25) is 0 Å². The molecular weight excluding hydrogens is 230 g/mol. The number of carboxylic acid groups (broad SMARTS) is 2. The number of rotatable bonds is 2. The Hall–Kier alpha value is -1.56. The number of aromatic carboxylic acids is 1. The van der Waals surface area contributed by atoms with E-state index < -0.39 is 17.9 Å². The minimum atomic E-state index is -1.02. The van der Waals surface area contributed by atoms with Crippen LogP contribution in [0.3, 0.4) is 0 Å². The Morgan fingerprint density at radius 1 is 1.38 bits per heavy atom. The zero-order chi connectivity index (χ0) is 11.9. The molecule has 0 radical (unpaired) electrons. The molecule has 0 bridgehead atoms. The maximum atomic E-state index is 11.0. The van der Waals surface area contributed by atoms with E-state index >= 15 is 0 Å². The van der Waals surface area contributed by atoms with Gasteiger partial charge < -0.3 is 15.9 Å². The number of fused-ring (bicyclic) bond motifs is 1. The van der Waals surface area contributed by atoms with E-state index in [1.807, 2.05) is 0 Å². The Bertz CT molecular complexity index is 466. The van der Waals surface area contributed by atoms with Gasteiger partial charge in [0, 0.05) is 4.88 Å². The van der Waals surface area contributed by atoms with Crippen molar-refractivity contribution in [1.29, 1.82) is 0 Å². The van der Waals surface area contributed by atoms with Gasteiger partial charge in [-0.2, -0.15) is 0 Å². The van der Waals surface area contributed by atoms with Gasteiger partial charge in [-0.1, -0.05) is 0 Å². The molecule has 1 heterocycles. The van der Waals surface area contributed by atoms with E-state index in [1.165, 1.54) is 11.3 Å². The average molecular weight is 241 g/mol. The molecule has 0 spiro atoms. The Morgan fingerprint density at radius 3 is 2.62 bits per heavy atom. The summed E-state index contributed by atoms with van der Waals surface area (Å²) < 4.78 is 0. The van der Waals surface area contributed by atoms with Gasteiger partial charge in [0.15, 0.2) is 0 Å². The first-order valence-electron chi connectivity index (χ1n) is 4.86. The average Bonchev–Trinajstić information content (AvgIpc) is 2.51. The van der Waals surface area contributed by atoms with Crippen molar-refractivity contribution >= 4 is 28.3 Å². The van der Waals surface area contributed by atoms with Crippen LogP contribution in [-0.4, -0.2) is 22.2 Å². The van der Waals surface area contributed by atoms with Crippen molar-refractivity contribution in [1.82, 2.24) is 0 Å². The molecule has 2 rings (SSSR count). The number of carbonyl (C=O) groups is 2. The summed E-state index contributed by atoms with van der Waals surface area (Å²) in [6, 6.07) is 0. The van der Waals surface area contributed by atoms with Gasteiger partial charge in [-0.05, 0) is 24.8 Å². The molecule has 1 aliphatic rings. The number of thiophene rings is 1. The number of nitrogens with two attached hydrogens (primary N) is 1. The monoisotopic (exact) mass is 241 g/mol. The summed E-state index contributed by atoms with van der Waals surface area (Å²) in [5, 5.41) is 18.2. The van der Waals surface area contributed by atoms with Gasteiger partial charge in [0.1, 0.15) is 5.00 Å². The van der Waals surface area contributed by atoms with Crippen LogP contribution in [-0.2, 0) is 17.6 Å². The van der Waals surface area contributed by atoms with Crippen molar-refractivity contribution < 1.29 is 19.8 Å². The lowest BCUT2D eigenvalue weighted by Crippen LogP contribution is -2.21. The van der Waals surface area contributed by atoms with Gasteiger partial charge in [-0.15, -0.1) is 11.3 Å². The van der Waals surface area contributed by atoms with Gasteiger partial charge >= 0.3 is 11.9 Å². The summed E-state index contributed by atoms with van der Waals surface area (Å²) in [5.41, 5.74) is 6.53. The Labute approximate surface area is 95.5 Å². The highest BCUT2D eigenvalue weighted by molar-refractivity contribution is 7.16. The van der Waals surface area contributed by atoms with Crippen LogP contribution in [0.1, 0.15) is 27.2 Å². The van der Waals surface area contributed by atoms with Crippen LogP contribution in [0.4, 0.5) is 5.00 Å². The fraction of sp³-hybridized carbons (Fsp3) is 0.400. The number of hydrogen-bond acceptors (Lipinski definition) is 4. The molecule has 0 aromatic carbocycles. The van der Waals surface area contributed by atoms with Crippen molar-refractivity contribution in [3.63, 3.8) is 0 Å². The third kappa shape index (κ3) is 1.65. The second-order valence-corrected chi connectivity index (χ2v) is 4.96. The molecule has 1 aromatic heterocycles. The maximum Gasteiger partial charge on any atom is 0.338 e. The van der Waals surface area contributed by atoms with E-state index in [2.05, 4.69) is 0 Å². The van der Waals surface area contributed by atoms with Gasteiger partial charge in [-0.25, -0.2) is 4.79 Å². The van der Waals surface area contributed by atoms with E-state index in [-0.39, 0.29) is 10.6 Å². The molecule has 1 unspecified atom stereocenters. The first kappa shape index (κ1) is 10.9. The molecule has 4 N–H and O–H groups in total. The van der Waals surface area contributed by atoms with E-state index in [1.54, 1.807) is 0 Å². The predicted octanol–water partition coefficient (Wildman–Crippen LogP) is 1.22. The van der Waals surface area contributed by atoms with Crippen LogP contribution < -0.4 is 5.73 Å². The zero-order valence-electron chi connectivity index (χ0n) is 8.40. The van der Waals surface area contributed by atoms with Crippen LogP contribution in [0.5, 0.6) is 0 Å². The summed E-state index contributed by atoms with van der Waals surface area (Å²) in [6.45, 7) is 0. The fourth-order valence-electron chi connectivity index (χ4n) is 2.05. The molecule has 16 heavy (non-hydrogen) atoms. The van der Waals surface area contributed by atoms with Crippen molar-refractivity contribution in [2.45, 2.75) is 19.3 Å². The zero-order valence-corrected chi connectivity index (χ0v) is 9.21. The van der Waals surface area contributed by atoms with E-state index in [0.29, 0.717) is 19.3 Å². The summed E-state index contributed by atoms with van der Waals surface area (Å²) in [4.78, 5) is 22.6. The summed E-state index contributed by atoms with van der Waals surface area (Å²) in [6.07, 6.45) is 1.37. The summed E-state index contributed by atoms with van der Waals surface area (Å²) in [5.74, 6) is -2.26. The highest BCUT2D eigenvalue weighted by Gasteiger charge is 2.30. The number of hydrogen-bond donors (Lipinski definition) is 3. The predicted molar refractivity (Wildman–Crippen MR) is 58.8 cm³/mol. The molecule has 1 aliphatic carbocycles. The molecule has 0 aliphatic heterocycles. The third-order valence-corrected chi connectivity index (χ3v) is 3.94. The highest BCUT2D eigenvalue weighted by Crippen LogP contribution is 2.38. The first-order valence-corrected chi connectivity index (χ1v) is 5.68. The normalized spacial score (nSPS) is 19.1. The molecule has 1 aromatic rings. The molecule has 86 valence electrons. The molecular formula is C10H11NO4S. The second kappa shape index (κ2) is 3.79. The minimum Gasteiger partial charge on any atom is -0.481 e.